The SMILES string of the molecule is O=C(Nc1cccc(C=Cc2ccccn2)c1)c1occc1CS(=O)(=O)c1ccccc1. The topological polar surface area (TPSA) is 89.3 Å². The molecule has 0 aliphatic rings. The molecule has 1 N–H and O–H groups in total. The molecular formula is C25H20N2O4S. The van der Waals surface area contributed by atoms with Gasteiger partial charge in [-0.25, -0.2) is 8.42 Å². The third-order valence-electron chi connectivity index (χ3n) is 4.68. The molecule has 4 aromatic rings. The highest BCUT2D eigenvalue weighted by molar-refractivity contribution is 7.90. The van der Waals surface area contributed by atoms with Crippen LogP contribution in [0.5, 0.6) is 0 Å². The van der Waals surface area contributed by atoms with E-state index in [1.165, 1.54) is 24.5 Å². The van der Waals surface area contributed by atoms with Gasteiger partial charge in [0.1, 0.15) is 0 Å². The number of aromatic nitrogens is 1. The number of sulfone groups is 1. The molecule has 0 fully saturated rings. The Hall–Kier alpha value is -3.97. The first-order valence-corrected chi connectivity index (χ1v) is 11.5. The summed E-state index contributed by atoms with van der Waals surface area (Å²) in [4.78, 5) is 17.2. The van der Waals surface area contributed by atoms with Crippen LogP contribution in [0.3, 0.4) is 0 Å². The lowest BCUT2D eigenvalue weighted by atomic mass is 10.1. The number of nitrogens with one attached hydrogen (secondary N) is 1. The van der Waals surface area contributed by atoms with Crippen LogP contribution in [0.1, 0.15) is 27.4 Å². The van der Waals surface area contributed by atoms with E-state index in [0.717, 1.165) is 11.3 Å². The van der Waals surface area contributed by atoms with E-state index < -0.39 is 15.7 Å². The molecule has 0 radical (unpaired) electrons. The highest BCUT2D eigenvalue weighted by Crippen LogP contribution is 2.21. The minimum absolute atomic E-state index is 0.0288. The number of amides is 1. The van der Waals surface area contributed by atoms with Gasteiger partial charge in [0, 0.05) is 17.4 Å². The zero-order valence-electron chi connectivity index (χ0n) is 17.0. The second kappa shape index (κ2) is 9.45. The van der Waals surface area contributed by atoms with E-state index in [4.69, 9.17) is 4.42 Å². The molecule has 0 saturated heterocycles. The van der Waals surface area contributed by atoms with Crippen LogP contribution in [0.4, 0.5) is 5.69 Å². The molecule has 2 heterocycles. The van der Waals surface area contributed by atoms with Crippen molar-refractivity contribution in [3.8, 4) is 0 Å². The van der Waals surface area contributed by atoms with Crippen molar-refractivity contribution in [2.24, 2.45) is 0 Å². The van der Waals surface area contributed by atoms with Crippen molar-refractivity contribution in [2.45, 2.75) is 10.6 Å². The molecule has 0 spiro atoms. The standard InChI is InChI=1S/C25H20N2O4S/c28-25(24-20(14-16-31-24)18-32(29,30)23-10-2-1-3-11-23)27-22-9-6-7-19(17-22)12-13-21-8-4-5-15-26-21/h1-17H,18H2,(H,27,28). The molecule has 0 bridgehead atoms. The van der Waals surface area contributed by atoms with Crippen molar-refractivity contribution < 1.29 is 17.6 Å². The number of pyridine rings is 1. The fourth-order valence-electron chi connectivity index (χ4n) is 3.13. The van der Waals surface area contributed by atoms with Gasteiger partial charge >= 0.3 is 0 Å². The molecule has 0 atom stereocenters. The third-order valence-corrected chi connectivity index (χ3v) is 6.36. The van der Waals surface area contributed by atoms with Gasteiger partial charge in [-0.15, -0.1) is 0 Å². The zero-order valence-corrected chi connectivity index (χ0v) is 17.8. The van der Waals surface area contributed by atoms with Gasteiger partial charge in [-0.2, -0.15) is 0 Å². The smallest absolute Gasteiger partial charge is 0.291 e. The largest absolute Gasteiger partial charge is 0.459 e. The Labute approximate surface area is 186 Å². The summed E-state index contributed by atoms with van der Waals surface area (Å²) in [5.41, 5.74) is 2.56. The molecule has 4 rings (SSSR count). The summed E-state index contributed by atoms with van der Waals surface area (Å²) >= 11 is 0. The average Bonchev–Trinajstić information content (AvgIpc) is 3.27. The summed E-state index contributed by atoms with van der Waals surface area (Å²) in [6.07, 6.45) is 6.80. The van der Waals surface area contributed by atoms with Crippen molar-refractivity contribution >= 4 is 33.6 Å². The van der Waals surface area contributed by atoms with Gasteiger partial charge in [0.05, 0.1) is 22.6 Å². The highest BCUT2D eigenvalue weighted by atomic mass is 32.2. The maximum absolute atomic E-state index is 12.8. The number of nitrogens with zero attached hydrogens (tertiary/aromatic N) is 1. The average molecular weight is 445 g/mol. The number of benzene rings is 2. The summed E-state index contributed by atoms with van der Waals surface area (Å²) < 4.78 is 30.7. The Bertz CT molecular complexity index is 1340. The van der Waals surface area contributed by atoms with Gasteiger partial charge in [-0.3, -0.25) is 9.78 Å². The van der Waals surface area contributed by atoms with Crippen molar-refractivity contribution in [1.82, 2.24) is 4.98 Å². The van der Waals surface area contributed by atoms with E-state index in [9.17, 15) is 13.2 Å². The molecule has 0 unspecified atom stereocenters. The minimum Gasteiger partial charge on any atom is -0.459 e. The number of carbonyl (C=O) groups is 1. The number of hydrogen-bond donors (Lipinski definition) is 1. The van der Waals surface area contributed by atoms with Crippen molar-refractivity contribution in [1.29, 1.82) is 0 Å². The normalized spacial score (nSPS) is 11.5. The van der Waals surface area contributed by atoms with E-state index in [0.29, 0.717) is 11.3 Å². The lowest BCUT2D eigenvalue weighted by Crippen LogP contribution is -2.14. The van der Waals surface area contributed by atoms with Crippen LogP contribution in [0, 0.1) is 0 Å². The fourth-order valence-corrected chi connectivity index (χ4v) is 4.50. The molecule has 1 amide bonds. The lowest BCUT2D eigenvalue weighted by Gasteiger charge is -2.07. The number of anilines is 1. The number of carbonyl (C=O) groups excluding carboxylic acids is 1. The van der Waals surface area contributed by atoms with Gasteiger partial charge in [0.2, 0.25) is 0 Å². The molecule has 0 aliphatic carbocycles. The quantitative estimate of drug-likeness (QED) is 0.430. The van der Waals surface area contributed by atoms with Crippen LogP contribution in [-0.2, 0) is 15.6 Å². The minimum atomic E-state index is -3.61. The Morgan fingerprint density at radius 3 is 2.53 bits per heavy atom. The Morgan fingerprint density at radius 1 is 0.938 bits per heavy atom. The number of furan rings is 1. The van der Waals surface area contributed by atoms with Crippen LogP contribution in [-0.4, -0.2) is 19.3 Å². The number of rotatable bonds is 7. The first kappa shape index (κ1) is 21.3. The van der Waals surface area contributed by atoms with E-state index in [1.807, 2.05) is 42.5 Å². The molecule has 0 aliphatic heterocycles. The summed E-state index contributed by atoms with van der Waals surface area (Å²) in [6.45, 7) is 0. The molecular weight excluding hydrogens is 424 g/mol. The molecule has 0 saturated carbocycles. The summed E-state index contributed by atoms with van der Waals surface area (Å²) in [5.74, 6) is -0.874. The van der Waals surface area contributed by atoms with Gasteiger partial charge < -0.3 is 9.73 Å². The van der Waals surface area contributed by atoms with E-state index >= 15 is 0 Å². The van der Waals surface area contributed by atoms with E-state index in [1.54, 1.807) is 36.5 Å². The van der Waals surface area contributed by atoms with Crippen molar-refractivity contribution in [2.75, 3.05) is 5.32 Å². The first-order valence-electron chi connectivity index (χ1n) is 9.86. The Balaban J connectivity index is 1.49. The molecule has 2 aromatic carbocycles. The van der Waals surface area contributed by atoms with Gasteiger partial charge in [0.25, 0.3) is 5.91 Å². The molecule has 32 heavy (non-hydrogen) atoms. The maximum atomic E-state index is 12.8. The zero-order chi connectivity index (χ0) is 22.4. The molecule has 7 heteroatoms. The summed E-state index contributed by atoms with van der Waals surface area (Å²) in [5, 5.41) is 2.77. The second-order valence-electron chi connectivity index (χ2n) is 7.01. The van der Waals surface area contributed by atoms with Crippen molar-refractivity contribution in [3.05, 3.63) is 114 Å². The second-order valence-corrected chi connectivity index (χ2v) is 9.00. The predicted molar refractivity (Wildman–Crippen MR) is 124 cm³/mol. The molecule has 160 valence electrons. The highest BCUT2D eigenvalue weighted by Gasteiger charge is 2.22. The monoisotopic (exact) mass is 444 g/mol. The van der Waals surface area contributed by atoms with E-state index in [2.05, 4.69) is 10.3 Å². The third kappa shape index (κ3) is 5.19. The van der Waals surface area contributed by atoms with Crippen LogP contribution < -0.4 is 5.32 Å². The number of hydrogen-bond acceptors (Lipinski definition) is 5. The first-order chi connectivity index (χ1) is 15.5. The molecule has 2 aromatic heterocycles. The Kier molecular flexibility index (Phi) is 6.28. The Morgan fingerprint density at radius 2 is 1.75 bits per heavy atom. The van der Waals surface area contributed by atoms with Crippen LogP contribution in [0.15, 0.2) is 101 Å². The predicted octanol–water partition coefficient (Wildman–Crippen LogP) is 5.07. The lowest BCUT2D eigenvalue weighted by molar-refractivity contribution is 0.0996. The van der Waals surface area contributed by atoms with Crippen molar-refractivity contribution in [3.63, 3.8) is 0 Å². The van der Waals surface area contributed by atoms with Gasteiger partial charge in [-0.05, 0) is 54.1 Å². The fraction of sp³-hybridized carbons (Fsp3) is 0.0400. The van der Waals surface area contributed by atoms with Crippen LogP contribution in [0.25, 0.3) is 12.2 Å². The van der Waals surface area contributed by atoms with E-state index in [-0.39, 0.29) is 16.4 Å². The summed E-state index contributed by atoms with van der Waals surface area (Å²) in [6, 6.07) is 22.5. The molecule has 6 nitrogen and oxygen atoms in total. The van der Waals surface area contributed by atoms with Crippen LogP contribution in [0.2, 0.25) is 0 Å². The van der Waals surface area contributed by atoms with Crippen LogP contribution >= 0.6 is 0 Å². The van der Waals surface area contributed by atoms with Gasteiger partial charge in [0.15, 0.2) is 15.6 Å². The maximum Gasteiger partial charge on any atom is 0.291 e. The van der Waals surface area contributed by atoms with Gasteiger partial charge in [-0.1, -0.05) is 42.5 Å². The summed E-state index contributed by atoms with van der Waals surface area (Å²) in [7, 11) is -3.61.